The number of anilines is 1. The van der Waals surface area contributed by atoms with E-state index < -0.39 is 5.91 Å². The molecule has 0 aliphatic rings. The molecule has 1 amide bonds. The Kier molecular flexibility index (Phi) is 6.40. The second kappa shape index (κ2) is 8.72. The summed E-state index contributed by atoms with van der Waals surface area (Å²) in [6.45, 7) is 5.91. The minimum absolute atomic E-state index is 0.0172. The number of ether oxygens (including phenoxy) is 1. The molecule has 0 bridgehead atoms. The van der Waals surface area contributed by atoms with Crippen molar-refractivity contribution >= 4 is 11.6 Å². The van der Waals surface area contributed by atoms with Gasteiger partial charge in [0.2, 0.25) is 0 Å². The van der Waals surface area contributed by atoms with Crippen LogP contribution < -0.4 is 15.4 Å². The molecule has 0 heterocycles. The lowest BCUT2D eigenvalue weighted by atomic mass is 10.1. The van der Waals surface area contributed by atoms with Crippen LogP contribution in [0.15, 0.2) is 54.2 Å². The largest absolute Gasteiger partial charge is 0.497 e. The van der Waals surface area contributed by atoms with Crippen molar-refractivity contribution in [2.24, 2.45) is 0 Å². The molecule has 1 atom stereocenters. The molecule has 2 aromatic carbocycles. The maximum absolute atomic E-state index is 12.4. The summed E-state index contributed by atoms with van der Waals surface area (Å²) in [5.41, 5.74) is 4.10. The van der Waals surface area contributed by atoms with E-state index in [1.165, 1.54) is 11.8 Å². The number of nitrogens with zero attached hydrogens (tertiary/aromatic N) is 1. The average molecular weight is 349 g/mol. The normalized spacial score (nSPS) is 12.0. The molecule has 2 aromatic rings. The van der Waals surface area contributed by atoms with Gasteiger partial charge in [-0.2, -0.15) is 5.26 Å². The highest BCUT2D eigenvalue weighted by Gasteiger charge is 2.14. The molecule has 0 saturated heterocycles. The van der Waals surface area contributed by atoms with Gasteiger partial charge in [-0.3, -0.25) is 4.79 Å². The molecule has 2 N–H and O–H groups in total. The van der Waals surface area contributed by atoms with E-state index in [4.69, 9.17) is 4.74 Å². The Morgan fingerprint density at radius 1 is 1.15 bits per heavy atom. The number of amides is 1. The summed E-state index contributed by atoms with van der Waals surface area (Å²) in [5, 5.41) is 15.1. The summed E-state index contributed by atoms with van der Waals surface area (Å²) < 4.78 is 5.13. The number of hydrogen-bond donors (Lipinski definition) is 2. The molecule has 0 saturated carbocycles. The van der Waals surface area contributed by atoms with Crippen molar-refractivity contribution in [3.8, 4) is 11.8 Å². The smallest absolute Gasteiger partial charge is 0.263 e. The Morgan fingerprint density at radius 3 is 2.42 bits per heavy atom. The number of aryl methyl sites for hydroxylation is 2. The summed E-state index contributed by atoms with van der Waals surface area (Å²) in [6, 6.07) is 15.0. The molecular formula is C21H23N3O2. The number of rotatable bonds is 6. The van der Waals surface area contributed by atoms with Crippen molar-refractivity contribution in [1.82, 2.24) is 5.32 Å². The van der Waals surface area contributed by atoms with Crippen LogP contribution in [-0.2, 0) is 4.79 Å². The Morgan fingerprint density at radius 2 is 1.85 bits per heavy atom. The summed E-state index contributed by atoms with van der Waals surface area (Å²) in [6.07, 6.45) is 1.43. The first kappa shape index (κ1) is 19.1. The van der Waals surface area contributed by atoms with E-state index in [-0.39, 0.29) is 11.6 Å². The maximum Gasteiger partial charge on any atom is 0.263 e. The van der Waals surface area contributed by atoms with Crippen LogP contribution in [0.1, 0.15) is 29.7 Å². The van der Waals surface area contributed by atoms with Crippen LogP contribution in [0.3, 0.4) is 0 Å². The summed E-state index contributed by atoms with van der Waals surface area (Å²) in [7, 11) is 1.60. The van der Waals surface area contributed by atoms with E-state index in [1.54, 1.807) is 7.11 Å². The Balaban J connectivity index is 2.04. The van der Waals surface area contributed by atoms with Crippen LogP contribution in [0.25, 0.3) is 0 Å². The first-order valence-electron chi connectivity index (χ1n) is 8.33. The number of nitrogens with one attached hydrogen (secondary N) is 2. The standard InChI is InChI=1S/C21H23N3O2/c1-14-5-8-19(11-15(14)2)23-13-18(12-22)21(25)24-16(3)17-6-9-20(26-4)10-7-17/h5-11,13,16,23H,1-4H3,(H,24,25)/b18-13-. The average Bonchev–Trinajstić information content (AvgIpc) is 2.65. The zero-order valence-electron chi connectivity index (χ0n) is 15.5. The molecular weight excluding hydrogens is 326 g/mol. The van der Waals surface area contributed by atoms with Gasteiger partial charge in [-0.15, -0.1) is 0 Å². The van der Waals surface area contributed by atoms with E-state index in [0.29, 0.717) is 0 Å². The van der Waals surface area contributed by atoms with E-state index in [2.05, 4.69) is 10.6 Å². The first-order valence-corrected chi connectivity index (χ1v) is 8.33. The van der Waals surface area contributed by atoms with Gasteiger partial charge in [0.05, 0.1) is 13.2 Å². The molecule has 26 heavy (non-hydrogen) atoms. The predicted octanol–water partition coefficient (Wildman–Crippen LogP) is 4.01. The summed E-state index contributed by atoms with van der Waals surface area (Å²) in [4.78, 5) is 12.4. The quantitative estimate of drug-likeness (QED) is 0.610. The number of carbonyl (C=O) groups is 1. The molecule has 0 fully saturated rings. The second-order valence-corrected chi connectivity index (χ2v) is 6.08. The number of methoxy groups -OCH3 is 1. The maximum atomic E-state index is 12.4. The van der Waals surface area contributed by atoms with Crippen molar-refractivity contribution in [3.05, 3.63) is 70.9 Å². The van der Waals surface area contributed by atoms with Gasteiger partial charge in [-0.25, -0.2) is 0 Å². The molecule has 5 nitrogen and oxygen atoms in total. The third-order valence-electron chi connectivity index (χ3n) is 4.22. The lowest BCUT2D eigenvalue weighted by Gasteiger charge is -2.14. The van der Waals surface area contributed by atoms with Gasteiger partial charge in [0, 0.05) is 11.9 Å². The molecule has 0 aliphatic heterocycles. The third kappa shape index (κ3) is 4.87. The lowest BCUT2D eigenvalue weighted by molar-refractivity contribution is -0.117. The monoisotopic (exact) mass is 349 g/mol. The van der Waals surface area contributed by atoms with Crippen LogP contribution >= 0.6 is 0 Å². The zero-order chi connectivity index (χ0) is 19.1. The molecule has 134 valence electrons. The minimum atomic E-state index is -0.424. The van der Waals surface area contributed by atoms with E-state index >= 15 is 0 Å². The Labute approximate surface area is 154 Å². The van der Waals surface area contributed by atoms with E-state index in [9.17, 15) is 10.1 Å². The van der Waals surface area contributed by atoms with Gasteiger partial charge in [-0.05, 0) is 61.7 Å². The SMILES string of the molecule is COc1ccc(C(C)NC(=O)/C(C#N)=C\Nc2ccc(C)c(C)c2)cc1. The fourth-order valence-corrected chi connectivity index (χ4v) is 2.39. The molecule has 0 spiro atoms. The number of nitriles is 1. The number of benzene rings is 2. The highest BCUT2D eigenvalue weighted by molar-refractivity contribution is 5.97. The van der Waals surface area contributed by atoms with Crippen LogP contribution in [0.5, 0.6) is 5.75 Å². The second-order valence-electron chi connectivity index (χ2n) is 6.08. The van der Waals surface area contributed by atoms with Gasteiger partial charge in [-0.1, -0.05) is 18.2 Å². The Hall–Kier alpha value is -3.26. The van der Waals surface area contributed by atoms with Crippen LogP contribution in [-0.4, -0.2) is 13.0 Å². The molecule has 1 unspecified atom stereocenters. The Bertz CT molecular complexity index is 849. The third-order valence-corrected chi connectivity index (χ3v) is 4.22. The molecule has 0 radical (unpaired) electrons. The van der Waals surface area contributed by atoms with E-state index in [0.717, 1.165) is 22.6 Å². The summed E-state index contributed by atoms with van der Waals surface area (Å²) in [5.74, 6) is 0.328. The van der Waals surface area contributed by atoms with Crippen molar-refractivity contribution in [3.63, 3.8) is 0 Å². The fourth-order valence-electron chi connectivity index (χ4n) is 2.39. The molecule has 0 aliphatic carbocycles. The van der Waals surface area contributed by atoms with Crippen LogP contribution in [0.4, 0.5) is 5.69 Å². The number of hydrogen-bond acceptors (Lipinski definition) is 4. The van der Waals surface area contributed by atoms with Crippen molar-refractivity contribution < 1.29 is 9.53 Å². The zero-order valence-corrected chi connectivity index (χ0v) is 15.5. The van der Waals surface area contributed by atoms with Gasteiger partial charge < -0.3 is 15.4 Å². The molecule has 0 aromatic heterocycles. The van der Waals surface area contributed by atoms with Crippen molar-refractivity contribution in [2.45, 2.75) is 26.8 Å². The molecule has 5 heteroatoms. The predicted molar refractivity (Wildman–Crippen MR) is 103 cm³/mol. The highest BCUT2D eigenvalue weighted by atomic mass is 16.5. The highest BCUT2D eigenvalue weighted by Crippen LogP contribution is 2.18. The van der Waals surface area contributed by atoms with E-state index in [1.807, 2.05) is 69.3 Å². The van der Waals surface area contributed by atoms with Crippen molar-refractivity contribution in [1.29, 1.82) is 5.26 Å². The summed E-state index contributed by atoms with van der Waals surface area (Å²) >= 11 is 0. The fraction of sp³-hybridized carbons (Fsp3) is 0.238. The van der Waals surface area contributed by atoms with Gasteiger partial charge in [0.15, 0.2) is 0 Å². The number of carbonyl (C=O) groups excluding carboxylic acids is 1. The van der Waals surface area contributed by atoms with Gasteiger partial charge in [0.1, 0.15) is 17.4 Å². The van der Waals surface area contributed by atoms with Crippen molar-refractivity contribution in [2.75, 3.05) is 12.4 Å². The molecule has 2 rings (SSSR count). The lowest BCUT2D eigenvalue weighted by Crippen LogP contribution is -2.28. The minimum Gasteiger partial charge on any atom is -0.497 e. The van der Waals surface area contributed by atoms with Gasteiger partial charge >= 0.3 is 0 Å². The van der Waals surface area contributed by atoms with Crippen LogP contribution in [0.2, 0.25) is 0 Å². The topological polar surface area (TPSA) is 74.1 Å². The van der Waals surface area contributed by atoms with Crippen LogP contribution in [0, 0.1) is 25.2 Å². The first-order chi connectivity index (χ1) is 12.4. The van der Waals surface area contributed by atoms with Gasteiger partial charge in [0.25, 0.3) is 5.91 Å².